The quantitative estimate of drug-likeness (QED) is 0.638. The van der Waals surface area contributed by atoms with Gasteiger partial charge in [-0.1, -0.05) is 12.1 Å². The van der Waals surface area contributed by atoms with Crippen LogP contribution in [0.15, 0.2) is 30.3 Å². The van der Waals surface area contributed by atoms with Crippen molar-refractivity contribution in [1.29, 1.82) is 0 Å². The lowest BCUT2D eigenvalue weighted by Gasteiger charge is -2.35. The van der Waals surface area contributed by atoms with Crippen molar-refractivity contribution in [2.45, 2.75) is 6.54 Å². The Kier molecular flexibility index (Phi) is 7.46. The van der Waals surface area contributed by atoms with Crippen LogP contribution in [0.1, 0.15) is 15.9 Å². The number of amides is 1. The molecule has 2 aromatic rings. The third kappa shape index (κ3) is 4.64. The SMILES string of the molecule is COc1ccc(CN2CCN(C(=O)c3c(OC)cccc3OC)CC2)c(OC)c1OC. The van der Waals surface area contributed by atoms with Gasteiger partial charge in [0.25, 0.3) is 5.91 Å². The summed E-state index contributed by atoms with van der Waals surface area (Å²) in [6, 6.07) is 9.22. The maximum atomic E-state index is 13.2. The molecule has 1 heterocycles. The molecule has 0 bridgehead atoms. The number of hydrogen-bond donors (Lipinski definition) is 0. The molecule has 2 aromatic carbocycles. The topological polar surface area (TPSA) is 69.7 Å². The highest BCUT2D eigenvalue weighted by Gasteiger charge is 2.28. The molecular weight excluding hydrogens is 400 g/mol. The average Bonchev–Trinajstić information content (AvgIpc) is 2.82. The second-order valence-corrected chi connectivity index (χ2v) is 7.10. The minimum atomic E-state index is -0.0855. The number of methoxy groups -OCH3 is 5. The van der Waals surface area contributed by atoms with E-state index in [0.717, 1.165) is 18.7 Å². The first-order valence-electron chi connectivity index (χ1n) is 10.1. The molecule has 1 aliphatic heterocycles. The van der Waals surface area contributed by atoms with Crippen molar-refractivity contribution in [2.75, 3.05) is 61.7 Å². The Bertz CT molecular complexity index is 887. The Morgan fingerprint density at radius 1 is 0.742 bits per heavy atom. The summed E-state index contributed by atoms with van der Waals surface area (Å²) in [4.78, 5) is 17.3. The van der Waals surface area contributed by atoms with Crippen LogP contribution in [0.3, 0.4) is 0 Å². The molecule has 1 saturated heterocycles. The largest absolute Gasteiger partial charge is 0.496 e. The Labute approximate surface area is 183 Å². The van der Waals surface area contributed by atoms with Crippen LogP contribution in [0.2, 0.25) is 0 Å². The van der Waals surface area contributed by atoms with Crippen molar-refractivity contribution >= 4 is 5.91 Å². The summed E-state index contributed by atoms with van der Waals surface area (Å²) in [6.45, 7) is 3.37. The van der Waals surface area contributed by atoms with Crippen LogP contribution in [0.4, 0.5) is 0 Å². The third-order valence-electron chi connectivity index (χ3n) is 5.48. The zero-order chi connectivity index (χ0) is 22.4. The van der Waals surface area contributed by atoms with Crippen LogP contribution < -0.4 is 23.7 Å². The van der Waals surface area contributed by atoms with Gasteiger partial charge in [0.05, 0.1) is 35.5 Å². The monoisotopic (exact) mass is 430 g/mol. The standard InChI is InChI=1S/C23H30N2O6/c1-27-17-7-6-8-18(28-2)20(17)23(26)25-13-11-24(12-14-25)15-16-9-10-19(29-3)22(31-5)21(16)30-4/h6-10H,11-15H2,1-5H3. The highest BCUT2D eigenvalue weighted by atomic mass is 16.5. The predicted octanol–water partition coefficient (Wildman–Crippen LogP) is 2.69. The third-order valence-corrected chi connectivity index (χ3v) is 5.48. The van der Waals surface area contributed by atoms with Crippen molar-refractivity contribution in [3.8, 4) is 28.7 Å². The van der Waals surface area contributed by atoms with Gasteiger partial charge >= 0.3 is 0 Å². The molecule has 8 nitrogen and oxygen atoms in total. The number of rotatable bonds is 8. The fourth-order valence-corrected chi connectivity index (χ4v) is 3.86. The Morgan fingerprint density at radius 3 is 1.84 bits per heavy atom. The first-order valence-corrected chi connectivity index (χ1v) is 10.1. The fraction of sp³-hybridized carbons (Fsp3) is 0.435. The van der Waals surface area contributed by atoms with Crippen LogP contribution in [0, 0.1) is 0 Å². The van der Waals surface area contributed by atoms with Gasteiger partial charge in [-0.15, -0.1) is 0 Å². The number of hydrogen-bond acceptors (Lipinski definition) is 7. The van der Waals surface area contributed by atoms with Crippen molar-refractivity contribution in [3.05, 3.63) is 41.5 Å². The van der Waals surface area contributed by atoms with Gasteiger partial charge in [0.15, 0.2) is 11.5 Å². The van der Waals surface area contributed by atoms with Crippen molar-refractivity contribution in [1.82, 2.24) is 9.80 Å². The van der Waals surface area contributed by atoms with Gasteiger partial charge in [0.2, 0.25) is 5.75 Å². The molecule has 0 unspecified atom stereocenters. The number of ether oxygens (including phenoxy) is 5. The molecule has 1 fully saturated rings. The second kappa shape index (κ2) is 10.3. The lowest BCUT2D eigenvalue weighted by atomic mass is 10.1. The number of benzene rings is 2. The van der Waals surface area contributed by atoms with E-state index in [-0.39, 0.29) is 5.91 Å². The lowest BCUT2D eigenvalue weighted by molar-refractivity contribution is 0.0620. The summed E-state index contributed by atoms with van der Waals surface area (Å²) in [5.74, 6) is 2.82. The molecule has 0 saturated carbocycles. The molecule has 168 valence electrons. The van der Waals surface area contributed by atoms with Crippen LogP contribution in [-0.4, -0.2) is 77.4 Å². The molecule has 0 N–H and O–H groups in total. The van der Waals surface area contributed by atoms with Crippen LogP contribution in [0.25, 0.3) is 0 Å². The maximum Gasteiger partial charge on any atom is 0.261 e. The van der Waals surface area contributed by atoms with Gasteiger partial charge in [0, 0.05) is 38.3 Å². The Morgan fingerprint density at radius 2 is 1.32 bits per heavy atom. The van der Waals surface area contributed by atoms with Crippen LogP contribution in [-0.2, 0) is 6.54 Å². The van der Waals surface area contributed by atoms with Gasteiger partial charge in [-0.25, -0.2) is 0 Å². The van der Waals surface area contributed by atoms with Gasteiger partial charge < -0.3 is 28.6 Å². The fourth-order valence-electron chi connectivity index (χ4n) is 3.86. The molecule has 0 aromatic heterocycles. The van der Waals surface area contributed by atoms with E-state index in [2.05, 4.69) is 4.90 Å². The summed E-state index contributed by atoms with van der Waals surface area (Å²) in [5, 5.41) is 0. The number of carbonyl (C=O) groups excluding carboxylic acids is 1. The summed E-state index contributed by atoms with van der Waals surface area (Å²) in [7, 11) is 7.93. The van der Waals surface area contributed by atoms with Gasteiger partial charge in [0.1, 0.15) is 17.1 Å². The van der Waals surface area contributed by atoms with Gasteiger partial charge in [-0.05, 0) is 18.2 Å². The summed E-state index contributed by atoms with van der Waals surface area (Å²) in [6.07, 6.45) is 0. The highest BCUT2D eigenvalue weighted by molar-refractivity contribution is 5.99. The van der Waals surface area contributed by atoms with E-state index < -0.39 is 0 Å². The summed E-state index contributed by atoms with van der Waals surface area (Å²) >= 11 is 0. The van der Waals surface area contributed by atoms with Crippen LogP contribution in [0.5, 0.6) is 28.7 Å². The number of nitrogens with zero attached hydrogens (tertiary/aromatic N) is 2. The van der Waals surface area contributed by atoms with Gasteiger partial charge in [-0.2, -0.15) is 0 Å². The van der Waals surface area contributed by atoms with Crippen molar-refractivity contribution in [2.24, 2.45) is 0 Å². The van der Waals surface area contributed by atoms with Crippen LogP contribution >= 0.6 is 0 Å². The van der Waals surface area contributed by atoms with E-state index in [9.17, 15) is 4.79 Å². The Hall–Kier alpha value is -3.13. The summed E-state index contributed by atoms with van der Waals surface area (Å²) < 4.78 is 27.2. The molecular formula is C23H30N2O6. The average molecular weight is 431 g/mol. The van der Waals surface area contributed by atoms with E-state index in [1.807, 2.05) is 23.1 Å². The molecule has 0 aliphatic carbocycles. The van der Waals surface area contributed by atoms with E-state index >= 15 is 0 Å². The maximum absolute atomic E-state index is 13.2. The van der Waals surface area contributed by atoms with E-state index in [4.69, 9.17) is 23.7 Å². The van der Waals surface area contributed by atoms with E-state index in [1.54, 1.807) is 47.7 Å². The van der Waals surface area contributed by atoms with E-state index in [0.29, 0.717) is 53.9 Å². The minimum Gasteiger partial charge on any atom is -0.496 e. The smallest absolute Gasteiger partial charge is 0.261 e. The molecule has 0 spiro atoms. The zero-order valence-electron chi connectivity index (χ0n) is 18.8. The van der Waals surface area contributed by atoms with Crippen molar-refractivity contribution < 1.29 is 28.5 Å². The summed E-state index contributed by atoms with van der Waals surface area (Å²) in [5.41, 5.74) is 1.47. The first kappa shape index (κ1) is 22.6. The molecule has 0 radical (unpaired) electrons. The first-order chi connectivity index (χ1) is 15.1. The number of carbonyl (C=O) groups is 1. The minimum absolute atomic E-state index is 0.0855. The normalized spacial score (nSPS) is 14.2. The lowest BCUT2D eigenvalue weighted by Crippen LogP contribution is -2.48. The molecule has 1 amide bonds. The van der Waals surface area contributed by atoms with Gasteiger partial charge in [-0.3, -0.25) is 9.69 Å². The molecule has 8 heteroatoms. The predicted molar refractivity (Wildman–Crippen MR) is 117 cm³/mol. The Balaban J connectivity index is 1.71. The molecule has 1 aliphatic rings. The van der Waals surface area contributed by atoms with E-state index in [1.165, 1.54) is 0 Å². The molecule has 0 atom stereocenters. The zero-order valence-corrected chi connectivity index (χ0v) is 18.8. The van der Waals surface area contributed by atoms with Crippen molar-refractivity contribution in [3.63, 3.8) is 0 Å². The second-order valence-electron chi connectivity index (χ2n) is 7.10. The molecule has 31 heavy (non-hydrogen) atoms. The number of piperazine rings is 1. The molecule has 3 rings (SSSR count). The highest BCUT2D eigenvalue weighted by Crippen LogP contribution is 2.40.